The smallest absolute Gasteiger partial charge is 0.220 e. The van der Waals surface area contributed by atoms with Gasteiger partial charge in [-0.05, 0) is 12.8 Å². The summed E-state index contributed by atoms with van der Waals surface area (Å²) in [4.78, 5) is 12.6. The first-order valence-electron chi connectivity index (χ1n) is 19.3. The molecule has 9 N–H and O–H groups in total. The molecule has 2 aliphatic rings. The summed E-state index contributed by atoms with van der Waals surface area (Å²) in [6.45, 7) is 2.56. The first kappa shape index (κ1) is 45.1. The fourth-order valence-corrected chi connectivity index (χ4v) is 6.51. The summed E-state index contributed by atoms with van der Waals surface area (Å²) in [7, 11) is 0. The zero-order valence-electron chi connectivity index (χ0n) is 30.4. The number of aliphatic hydroxyl groups excluding tert-OH is 8. The van der Waals surface area contributed by atoms with E-state index in [0.29, 0.717) is 12.8 Å². The van der Waals surface area contributed by atoms with Crippen LogP contribution in [0.2, 0.25) is 0 Å². The molecule has 1 amide bonds. The van der Waals surface area contributed by atoms with Crippen molar-refractivity contribution in [2.24, 2.45) is 0 Å². The SMILES string of the molecule is CCCCCCCCCCCCCCCCC(O)C(COC1OC(CO)C(OC2OC(CO)C(O)C(O)C2O)C(O)C1O)NC(=O)CCCC. The molecule has 2 rings (SSSR count). The molecule has 0 aromatic carbocycles. The Hall–Kier alpha value is -1.01. The Morgan fingerprint density at radius 3 is 1.68 bits per heavy atom. The minimum Gasteiger partial charge on any atom is -0.394 e. The van der Waals surface area contributed by atoms with E-state index in [-0.39, 0.29) is 18.9 Å². The lowest BCUT2D eigenvalue weighted by Gasteiger charge is -2.46. The quantitative estimate of drug-likeness (QED) is 0.0549. The number of carbonyl (C=O) groups is 1. The molecule has 0 radical (unpaired) electrons. The summed E-state index contributed by atoms with van der Waals surface area (Å²) in [6.07, 6.45) is 2.59. The second-order valence-electron chi connectivity index (χ2n) is 14.1. The first-order valence-corrected chi connectivity index (χ1v) is 19.3. The lowest BCUT2D eigenvalue weighted by Crippen LogP contribution is -2.65. The standard InChI is InChI=1S/C36H69NO13/c1-3-5-7-8-9-10-11-12-13-14-15-16-17-18-19-25(40)24(37-28(41)20-6-4-2)23-47-35-33(46)31(44)34(27(22-39)49-35)50-36-32(45)30(43)29(42)26(21-38)48-36/h24-27,29-36,38-40,42-46H,3-23H2,1-2H3,(H,37,41). The third-order valence-corrected chi connectivity index (χ3v) is 9.82. The fourth-order valence-electron chi connectivity index (χ4n) is 6.51. The van der Waals surface area contributed by atoms with Crippen molar-refractivity contribution < 1.29 is 64.6 Å². The number of rotatable bonds is 27. The van der Waals surface area contributed by atoms with E-state index in [2.05, 4.69) is 12.2 Å². The van der Waals surface area contributed by atoms with Gasteiger partial charge in [-0.2, -0.15) is 0 Å². The minimum absolute atomic E-state index is 0.244. The van der Waals surface area contributed by atoms with Crippen LogP contribution in [0, 0.1) is 0 Å². The van der Waals surface area contributed by atoms with Crippen molar-refractivity contribution in [2.45, 2.75) is 203 Å². The van der Waals surface area contributed by atoms with Gasteiger partial charge in [0.25, 0.3) is 0 Å². The molecule has 0 spiro atoms. The van der Waals surface area contributed by atoms with E-state index in [1.807, 2.05) is 6.92 Å². The van der Waals surface area contributed by atoms with E-state index in [1.165, 1.54) is 64.2 Å². The zero-order chi connectivity index (χ0) is 36.9. The van der Waals surface area contributed by atoms with Crippen molar-refractivity contribution in [1.82, 2.24) is 5.32 Å². The number of hydrogen-bond acceptors (Lipinski definition) is 13. The van der Waals surface area contributed by atoms with E-state index >= 15 is 0 Å². The monoisotopic (exact) mass is 723 g/mol. The normalized spacial score (nSPS) is 31.4. The van der Waals surface area contributed by atoms with E-state index in [9.17, 15) is 45.6 Å². The molecule has 14 heteroatoms. The Labute approximate surface area is 298 Å². The fraction of sp³-hybridized carbons (Fsp3) is 0.972. The molecule has 0 bridgehead atoms. The van der Waals surface area contributed by atoms with E-state index < -0.39 is 86.8 Å². The predicted molar refractivity (Wildman–Crippen MR) is 185 cm³/mol. The van der Waals surface area contributed by atoms with Crippen molar-refractivity contribution in [1.29, 1.82) is 0 Å². The number of hydrogen-bond donors (Lipinski definition) is 9. The van der Waals surface area contributed by atoms with Gasteiger partial charge >= 0.3 is 0 Å². The van der Waals surface area contributed by atoms with Crippen LogP contribution in [0.15, 0.2) is 0 Å². The Bertz CT molecular complexity index is 868. The molecule has 0 saturated carbocycles. The van der Waals surface area contributed by atoms with Gasteiger partial charge in [0.2, 0.25) is 5.91 Å². The third kappa shape index (κ3) is 15.5. The van der Waals surface area contributed by atoms with Crippen LogP contribution in [0.1, 0.15) is 129 Å². The van der Waals surface area contributed by atoms with Gasteiger partial charge in [-0.15, -0.1) is 0 Å². The molecule has 0 aliphatic carbocycles. The third-order valence-electron chi connectivity index (χ3n) is 9.82. The minimum atomic E-state index is -1.77. The maximum absolute atomic E-state index is 12.6. The molecule has 2 heterocycles. The van der Waals surface area contributed by atoms with Gasteiger partial charge in [0.05, 0.1) is 32.0 Å². The summed E-state index contributed by atoms with van der Waals surface area (Å²) in [6, 6.07) is -0.815. The van der Waals surface area contributed by atoms with Gasteiger partial charge in [-0.3, -0.25) is 4.79 Å². The average molecular weight is 724 g/mol. The highest BCUT2D eigenvalue weighted by Crippen LogP contribution is 2.30. The second-order valence-corrected chi connectivity index (χ2v) is 14.1. The molecule has 12 atom stereocenters. The number of aliphatic hydroxyl groups is 8. The van der Waals surface area contributed by atoms with Crippen molar-refractivity contribution in [2.75, 3.05) is 19.8 Å². The molecular formula is C36H69NO13. The summed E-state index contributed by atoms with van der Waals surface area (Å²) in [5, 5.41) is 85.6. The molecular weight excluding hydrogens is 654 g/mol. The zero-order valence-corrected chi connectivity index (χ0v) is 30.4. The molecule has 2 aliphatic heterocycles. The van der Waals surface area contributed by atoms with Crippen molar-refractivity contribution in [3.05, 3.63) is 0 Å². The molecule has 296 valence electrons. The van der Waals surface area contributed by atoms with Gasteiger partial charge < -0.3 is 65.1 Å². The number of unbranched alkanes of at least 4 members (excludes halogenated alkanes) is 14. The van der Waals surface area contributed by atoms with Crippen LogP contribution in [0.25, 0.3) is 0 Å². The second kappa shape index (κ2) is 25.9. The van der Waals surface area contributed by atoms with Gasteiger partial charge in [-0.1, -0.05) is 110 Å². The van der Waals surface area contributed by atoms with Crippen LogP contribution in [0.3, 0.4) is 0 Å². The van der Waals surface area contributed by atoms with Crippen LogP contribution in [-0.2, 0) is 23.7 Å². The lowest BCUT2D eigenvalue weighted by atomic mass is 9.97. The highest BCUT2D eigenvalue weighted by molar-refractivity contribution is 5.76. The highest BCUT2D eigenvalue weighted by atomic mass is 16.7. The number of ether oxygens (including phenoxy) is 4. The van der Waals surface area contributed by atoms with Gasteiger partial charge in [0, 0.05) is 6.42 Å². The van der Waals surface area contributed by atoms with Gasteiger partial charge in [-0.25, -0.2) is 0 Å². The maximum Gasteiger partial charge on any atom is 0.220 e. The summed E-state index contributed by atoms with van der Waals surface area (Å²) in [5.41, 5.74) is 0. The van der Waals surface area contributed by atoms with E-state index in [0.717, 1.165) is 32.1 Å². The Kier molecular flexibility index (Phi) is 23.4. The Morgan fingerprint density at radius 2 is 1.14 bits per heavy atom. The van der Waals surface area contributed by atoms with Crippen LogP contribution < -0.4 is 5.32 Å². The number of amides is 1. The average Bonchev–Trinajstić information content (AvgIpc) is 3.11. The van der Waals surface area contributed by atoms with Crippen molar-refractivity contribution in [3.63, 3.8) is 0 Å². The highest BCUT2D eigenvalue weighted by Gasteiger charge is 2.50. The summed E-state index contributed by atoms with van der Waals surface area (Å²) in [5.74, 6) is -0.244. The largest absolute Gasteiger partial charge is 0.394 e. The molecule has 12 unspecified atom stereocenters. The van der Waals surface area contributed by atoms with Gasteiger partial charge in [0.1, 0.15) is 48.8 Å². The van der Waals surface area contributed by atoms with E-state index in [1.54, 1.807) is 0 Å². The molecule has 0 aromatic heterocycles. The van der Waals surface area contributed by atoms with Crippen molar-refractivity contribution >= 4 is 5.91 Å². The van der Waals surface area contributed by atoms with Gasteiger partial charge in [0.15, 0.2) is 12.6 Å². The molecule has 50 heavy (non-hydrogen) atoms. The van der Waals surface area contributed by atoms with Crippen molar-refractivity contribution in [3.8, 4) is 0 Å². The summed E-state index contributed by atoms with van der Waals surface area (Å²) < 4.78 is 22.4. The maximum atomic E-state index is 12.6. The first-order chi connectivity index (χ1) is 24.1. The van der Waals surface area contributed by atoms with Crippen LogP contribution in [-0.4, -0.2) is 140 Å². The Morgan fingerprint density at radius 1 is 0.640 bits per heavy atom. The Balaban J connectivity index is 1.84. The van der Waals surface area contributed by atoms with Crippen LogP contribution in [0.4, 0.5) is 0 Å². The molecule has 2 saturated heterocycles. The van der Waals surface area contributed by atoms with E-state index in [4.69, 9.17) is 18.9 Å². The molecule has 14 nitrogen and oxygen atoms in total. The lowest BCUT2D eigenvalue weighted by molar-refractivity contribution is -0.359. The number of nitrogens with one attached hydrogen (secondary N) is 1. The number of carbonyl (C=O) groups excluding carboxylic acids is 1. The molecule has 0 aromatic rings. The topological polar surface area (TPSA) is 228 Å². The van der Waals surface area contributed by atoms with Crippen LogP contribution in [0.5, 0.6) is 0 Å². The summed E-state index contributed by atoms with van der Waals surface area (Å²) >= 11 is 0. The molecule has 2 fully saturated rings. The van der Waals surface area contributed by atoms with Crippen LogP contribution >= 0.6 is 0 Å². The predicted octanol–water partition coefficient (Wildman–Crippen LogP) is 1.53.